The standard InChI is InChI=1S/C17H20/c1-4-10-16(11-5-1)14-8-3-9-15-17-12-6-2-7-13-17/h1,4-6,9-12H,2-3,7-8,13-14H2. The normalized spacial score (nSPS) is 14.5. The average molecular weight is 224 g/mol. The van der Waals surface area contributed by atoms with E-state index in [-0.39, 0.29) is 0 Å². The maximum absolute atomic E-state index is 3.41. The summed E-state index contributed by atoms with van der Waals surface area (Å²) in [4.78, 5) is 0. The fourth-order valence-electron chi connectivity index (χ4n) is 2.10. The Bertz CT molecular complexity index is 417. The van der Waals surface area contributed by atoms with Crippen LogP contribution >= 0.6 is 0 Å². The molecule has 1 aromatic rings. The molecule has 0 aromatic heterocycles. The Morgan fingerprint density at radius 2 is 2.06 bits per heavy atom. The summed E-state index contributed by atoms with van der Waals surface area (Å²) >= 11 is 0. The summed E-state index contributed by atoms with van der Waals surface area (Å²) in [5, 5.41) is 0. The highest BCUT2D eigenvalue weighted by Gasteiger charge is 1.96. The van der Waals surface area contributed by atoms with Gasteiger partial charge in [-0.15, -0.1) is 5.73 Å². The molecule has 0 amide bonds. The Labute approximate surface area is 104 Å². The molecule has 0 atom stereocenters. The maximum atomic E-state index is 3.41. The number of allylic oxidation sites excluding steroid dienone is 3. The molecule has 0 saturated carbocycles. The van der Waals surface area contributed by atoms with Gasteiger partial charge in [0.2, 0.25) is 0 Å². The molecule has 1 aliphatic rings. The minimum Gasteiger partial charge on any atom is -0.122 e. The molecule has 0 fully saturated rings. The maximum Gasteiger partial charge on any atom is -0.00668 e. The van der Waals surface area contributed by atoms with E-state index in [1.54, 1.807) is 0 Å². The van der Waals surface area contributed by atoms with Crippen molar-refractivity contribution in [3.63, 3.8) is 0 Å². The number of rotatable bonds is 4. The quantitative estimate of drug-likeness (QED) is 0.507. The van der Waals surface area contributed by atoms with Gasteiger partial charge in [0.05, 0.1) is 0 Å². The Kier molecular flexibility index (Phi) is 4.87. The van der Waals surface area contributed by atoms with Crippen molar-refractivity contribution < 1.29 is 0 Å². The SMILES string of the molecule is C(=CCCCc1ccccc1)=C1C=CCCC1. The van der Waals surface area contributed by atoms with Gasteiger partial charge >= 0.3 is 0 Å². The number of aryl methyl sites for hydroxylation is 1. The second kappa shape index (κ2) is 6.93. The topological polar surface area (TPSA) is 0 Å². The molecule has 1 aliphatic carbocycles. The van der Waals surface area contributed by atoms with Gasteiger partial charge in [0.1, 0.15) is 0 Å². The van der Waals surface area contributed by atoms with Gasteiger partial charge in [0.25, 0.3) is 0 Å². The van der Waals surface area contributed by atoms with E-state index in [2.05, 4.69) is 54.3 Å². The minimum absolute atomic E-state index is 1.13. The molecule has 88 valence electrons. The van der Waals surface area contributed by atoms with Crippen LogP contribution < -0.4 is 0 Å². The fraction of sp³-hybridized carbons (Fsp3) is 0.353. The Balaban J connectivity index is 1.74. The molecule has 0 nitrogen and oxygen atoms in total. The van der Waals surface area contributed by atoms with Crippen molar-refractivity contribution in [3.8, 4) is 0 Å². The van der Waals surface area contributed by atoms with Crippen molar-refractivity contribution in [3.05, 3.63) is 65.4 Å². The number of hydrogen-bond donors (Lipinski definition) is 0. The largest absolute Gasteiger partial charge is 0.122 e. The van der Waals surface area contributed by atoms with E-state index >= 15 is 0 Å². The van der Waals surface area contributed by atoms with E-state index in [0.717, 1.165) is 6.42 Å². The molecule has 17 heavy (non-hydrogen) atoms. The third-order valence-electron chi connectivity index (χ3n) is 3.08. The van der Waals surface area contributed by atoms with E-state index in [1.165, 1.54) is 43.2 Å². The van der Waals surface area contributed by atoms with Crippen molar-refractivity contribution in [1.82, 2.24) is 0 Å². The summed E-state index contributed by atoms with van der Waals surface area (Å²) in [6, 6.07) is 10.7. The Morgan fingerprint density at radius 1 is 1.18 bits per heavy atom. The lowest BCUT2D eigenvalue weighted by Gasteiger charge is -2.02. The highest BCUT2D eigenvalue weighted by atomic mass is 14.0. The third-order valence-corrected chi connectivity index (χ3v) is 3.08. The predicted molar refractivity (Wildman–Crippen MR) is 74.0 cm³/mol. The number of hydrogen-bond acceptors (Lipinski definition) is 0. The van der Waals surface area contributed by atoms with Crippen molar-refractivity contribution in [2.45, 2.75) is 38.5 Å². The van der Waals surface area contributed by atoms with Crippen LogP contribution in [0.1, 0.15) is 37.7 Å². The summed E-state index contributed by atoms with van der Waals surface area (Å²) in [5.74, 6) is 0. The van der Waals surface area contributed by atoms with Crippen molar-refractivity contribution in [2.24, 2.45) is 0 Å². The van der Waals surface area contributed by atoms with Crippen LogP contribution in [-0.2, 0) is 6.42 Å². The van der Waals surface area contributed by atoms with Crippen LogP contribution in [0.5, 0.6) is 0 Å². The van der Waals surface area contributed by atoms with E-state index in [0.29, 0.717) is 0 Å². The van der Waals surface area contributed by atoms with Gasteiger partial charge in [-0.1, -0.05) is 42.5 Å². The van der Waals surface area contributed by atoms with Crippen LogP contribution in [0.15, 0.2) is 59.9 Å². The van der Waals surface area contributed by atoms with Crippen LogP contribution in [0.4, 0.5) is 0 Å². The summed E-state index contributed by atoms with van der Waals surface area (Å²) in [6.07, 6.45) is 13.9. The molecule has 0 spiro atoms. The molecule has 0 unspecified atom stereocenters. The van der Waals surface area contributed by atoms with Gasteiger partial charge in [-0.3, -0.25) is 0 Å². The Hall–Kier alpha value is -1.52. The van der Waals surface area contributed by atoms with Gasteiger partial charge in [-0.05, 0) is 55.7 Å². The monoisotopic (exact) mass is 224 g/mol. The zero-order valence-corrected chi connectivity index (χ0v) is 10.4. The first-order valence-corrected chi connectivity index (χ1v) is 6.59. The van der Waals surface area contributed by atoms with Gasteiger partial charge in [0, 0.05) is 0 Å². The summed E-state index contributed by atoms with van der Waals surface area (Å²) in [7, 11) is 0. The highest BCUT2D eigenvalue weighted by molar-refractivity contribution is 5.20. The van der Waals surface area contributed by atoms with Gasteiger partial charge < -0.3 is 0 Å². The van der Waals surface area contributed by atoms with Crippen LogP contribution in [0.25, 0.3) is 0 Å². The minimum atomic E-state index is 1.13. The van der Waals surface area contributed by atoms with Gasteiger partial charge in [-0.2, -0.15) is 0 Å². The van der Waals surface area contributed by atoms with Gasteiger partial charge in [-0.25, -0.2) is 0 Å². The molecule has 0 saturated heterocycles. The highest BCUT2D eigenvalue weighted by Crippen LogP contribution is 2.14. The zero-order chi connectivity index (χ0) is 11.8. The summed E-state index contributed by atoms with van der Waals surface area (Å²) in [6.45, 7) is 0. The van der Waals surface area contributed by atoms with Crippen LogP contribution in [0.3, 0.4) is 0 Å². The zero-order valence-electron chi connectivity index (χ0n) is 10.4. The van der Waals surface area contributed by atoms with Gasteiger partial charge in [0.15, 0.2) is 0 Å². The second-order valence-electron chi connectivity index (χ2n) is 4.55. The van der Waals surface area contributed by atoms with E-state index in [4.69, 9.17) is 0 Å². The van der Waals surface area contributed by atoms with Crippen LogP contribution in [0, 0.1) is 0 Å². The molecule has 0 heterocycles. The molecular weight excluding hydrogens is 204 g/mol. The fourth-order valence-corrected chi connectivity index (χ4v) is 2.10. The van der Waals surface area contributed by atoms with E-state index in [1.807, 2.05) is 0 Å². The molecular formula is C17H20. The summed E-state index contributed by atoms with van der Waals surface area (Å²) in [5.41, 5.74) is 6.22. The van der Waals surface area contributed by atoms with Crippen molar-refractivity contribution in [1.29, 1.82) is 0 Å². The molecule has 0 aliphatic heterocycles. The van der Waals surface area contributed by atoms with Crippen LogP contribution in [0.2, 0.25) is 0 Å². The molecule has 1 aromatic carbocycles. The smallest absolute Gasteiger partial charge is 0.00668 e. The number of unbranched alkanes of at least 4 members (excludes halogenated alkanes) is 1. The first kappa shape index (κ1) is 12.0. The van der Waals surface area contributed by atoms with Crippen molar-refractivity contribution in [2.75, 3.05) is 0 Å². The third kappa shape index (κ3) is 4.46. The predicted octanol–water partition coefficient (Wildman–Crippen LogP) is 4.83. The second-order valence-corrected chi connectivity index (χ2v) is 4.55. The van der Waals surface area contributed by atoms with Crippen molar-refractivity contribution >= 4 is 0 Å². The molecule has 0 bridgehead atoms. The lowest BCUT2D eigenvalue weighted by molar-refractivity contribution is 0.818. The van der Waals surface area contributed by atoms with E-state index < -0.39 is 0 Å². The lowest BCUT2D eigenvalue weighted by atomic mass is 10.0. The lowest BCUT2D eigenvalue weighted by Crippen LogP contribution is -1.84. The summed E-state index contributed by atoms with van der Waals surface area (Å²) < 4.78 is 0. The first-order valence-electron chi connectivity index (χ1n) is 6.59. The molecule has 0 radical (unpaired) electrons. The molecule has 0 heteroatoms. The average Bonchev–Trinajstić information content (AvgIpc) is 2.41. The van der Waals surface area contributed by atoms with E-state index in [9.17, 15) is 0 Å². The molecule has 0 N–H and O–H groups in total. The van der Waals surface area contributed by atoms with Crippen LogP contribution in [-0.4, -0.2) is 0 Å². The Morgan fingerprint density at radius 3 is 2.82 bits per heavy atom. The first-order chi connectivity index (χ1) is 8.45. The number of benzene rings is 1. The molecule has 2 rings (SSSR count).